The fourth-order valence-electron chi connectivity index (χ4n) is 2.78. The Labute approximate surface area is 118 Å². The highest BCUT2D eigenvalue weighted by Crippen LogP contribution is 2.41. The van der Waals surface area contributed by atoms with Crippen LogP contribution in [-0.2, 0) is 10.2 Å². The molecule has 0 aliphatic heterocycles. The second kappa shape index (κ2) is 5.53. The summed E-state index contributed by atoms with van der Waals surface area (Å²) in [5, 5.41) is 5.26. The van der Waals surface area contributed by atoms with Crippen molar-refractivity contribution in [2.45, 2.75) is 38.1 Å². The fourth-order valence-corrected chi connectivity index (χ4v) is 2.78. The summed E-state index contributed by atoms with van der Waals surface area (Å²) >= 11 is 0. The number of carbonyl (C=O) groups is 2. The smallest absolute Gasteiger partial charge is 0.312 e. The monoisotopic (exact) mass is 275 g/mol. The summed E-state index contributed by atoms with van der Waals surface area (Å²) in [5.41, 5.74) is 7.52. The molecule has 0 unspecified atom stereocenters. The molecule has 0 radical (unpaired) electrons. The summed E-state index contributed by atoms with van der Waals surface area (Å²) in [6.07, 6.45) is 1.91. The third-order valence-electron chi connectivity index (χ3n) is 3.88. The van der Waals surface area contributed by atoms with Gasteiger partial charge in [-0.25, -0.2) is 4.79 Å². The van der Waals surface area contributed by atoms with Gasteiger partial charge in [0.25, 0.3) is 0 Å². The van der Waals surface area contributed by atoms with Crippen LogP contribution < -0.4 is 16.4 Å². The molecule has 108 valence electrons. The van der Waals surface area contributed by atoms with E-state index in [-0.39, 0.29) is 23.9 Å². The molecule has 5 nitrogen and oxygen atoms in total. The number of carbonyl (C=O) groups excluding carboxylic acids is 2. The summed E-state index contributed by atoms with van der Waals surface area (Å²) < 4.78 is 0. The zero-order valence-electron chi connectivity index (χ0n) is 11.9. The van der Waals surface area contributed by atoms with Crippen LogP contribution in [0.3, 0.4) is 0 Å². The minimum atomic E-state index is -0.690. The van der Waals surface area contributed by atoms with Crippen LogP contribution in [0.25, 0.3) is 0 Å². The minimum Gasteiger partial charge on any atom is -0.352 e. The molecular weight excluding hydrogens is 254 g/mol. The molecule has 20 heavy (non-hydrogen) atoms. The summed E-state index contributed by atoms with van der Waals surface area (Å²) in [6, 6.07) is 7.50. The van der Waals surface area contributed by atoms with E-state index in [1.165, 1.54) is 5.56 Å². The molecule has 4 N–H and O–H groups in total. The van der Waals surface area contributed by atoms with Crippen molar-refractivity contribution in [2.24, 2.45) is 5.73 Å². The average Bonchev–Trinajstić information content (AvgIpc) is 2.40. The summed E-state index contributed by atoms with van der Waals surface area (Å²) in [6.45, 7) is 4.36. The first-order chi connectivity index (χ1) is 9.40. The molecule has 0 spiro atoms. The zero-order chi connectivity index (χ0) is 14.8. The van der Waals surface area contributed by atoms with Gasteiger partial charge >= 0.3 is 6.03 Å². The van der Waals surface area contributed by atoms with Crippen molar-refractivity contribution < 1.29 is 9.59 Å². The van der Waals surface area contributed by atoms with Crippen LogP contribution in [0.5, 0.6) is 0 Å². The lowest BCUT2D eigenvalue weighted by Crippen LogP contribution is -2.42. The molecule has 0 bridgehead atoms. The van der Waals surface area contributed by atoms with E-state index in [1.807, 2.05) is 12.1 Å². The maximum Gasteiger partial charge on any atom is 0.312 e. The van der Waals surface area contributed by atoms with Crippen LogP contribution in [0.4, 0.5) is 4.79 Å². The quantitative estimate of drug-likeness (QED) is 0.782. The number of nitrogens with two attached hydrogens (primary N) is 1. The van der Waals surface area contributed by atoms with Gasteiger partial charge in [0.2, 0.25) is 5.91 Å². The molecule has 5 heteroatoms. The highest BCUT2D eigenvalue weighted by atomic mass is 16.2. The van der Waals surface area contributed by atoms with E-state index in [1.54, 1.807) is 0 Å². The molecule has 0 aromatic heterocycles. The molecule has 0 heterocycles. The number of amides is 3. The van der Waals surface area contributed by atoms with Gasteiger partial charge in [0.1, 0.15) is 0 Å². The second-order valence-electron chi connectivity index (χ2n) is 5.85. The van der Waals surface area contributed by atoms with Crippen LogP contribution in [0.2, 0.25) is 0 Å². The summed E-state index contributed by atoms with van der Waals surface area (Å²) in [5.74, 6) is -0.219. The van der Waals surface area contributed by atoms with Gasteiger partial charge in [-0.2, -0.15) is 0 Å². The molecule has 1 aromatic carbocycles. The normalized spacial score (nSPS) is 19.8. The van der Waals surface area contributed by atoms with E-state index in [9.17, 15) is 9.59 Å². The predicted molar refractivity (Wildman–Crippen MR) is 77.2 cm³/mol. The van der Waals surface area contributed by atoms with Crippen molar-refractivity contribution in [3.63, 3.8) is 0 Å². The Morgan fingerprint density at radius 3 is 2.75 bits per heavy atom. The SMILES string of the molecule is CC1(C)CC[C@H](NC(=O)CNC(N)=O)c2ccccc21. The highest BCUT2D eigenvalue weighted by Gasteiger charge is 2.32. The van der Waals surface area contributed by atoms with Crippen molar-refractivity contribution in [1.82, 2.24) is 10.6 Å². The third kappa shape index (κ3) is 3.10. The molecule has 1 aliphatic carbocycles. The van der Waals surface area contributed by atoms with E-state index in [0.29, 0.717) is 0 Å². The second-order valence-corrected chi connectivity index (χ2v) is 5.85. The van der Waals surface area contributed by atoms with Gasteiger partial charge in [0.15, 0.2) is 0 Å². The minimum absolute atomic E-state index is 0.00130. The number of hydrogen-bond donors (Lipinski definition) is 3. The van der Waals surface area contributed by atoms with Crippen molar-refractivity contribution in [3.05, 3.63) is 35.4 Å². The van der Waals surface area contributed by atoms with Crippen LogP contribution >= 0.6 is 0 Å². The molecular formula is C15H21N3O2. The number of hydrogen-bond acceptors (Lipinski definition) is 2. The van der Waals surface area contributed by atoms with Gasteiger partial charge in [-0.05, 0) is 29.4 Å². The van der Waals surface area contributed by atoms with Gasteiger partial charge in [-0.3, -0.25) is 4.79 Å². The van der Waals surface area contributed by atoms with Crippen LogP contribution in [-0.4, -0.2) is 18.5 Å². The van der Waals surface area contributed by atoms with Gasteiger partial charge in [-0.15, -0.1) is 0 Å². The van der Waals surface area contributed by atoms with Gasteiger partial charge in [-0.1, -0.05) is 38.1 Å². The Hall–Kier alpha value is -2.04. The highest BCUT2D eigenvalue weighted by molar-refractivity contribution is 5.83. The van der Waals surface area contributed by atoms with Crippen molar-refractivity contribution >= 4 is 11.9 Å². The Balaban J connectivity index is 2.11. The van der Waals surface area contributed by atoms with E-state index in [2.05, 4.69) is 36.6 Å². The molecule has 1 aromatic rings. The maximum atomic E-state index is 11.8. The van der Waals surface area contributed by atoms with Crippen LogP contribution in [0.1, 0.15) is 43.9 Å². The Kier molecular flexibility index (Phi) is 3.97. The van der Waals surface area contributed by atoms with Crippen molar-refractivity contribution in [2.75, 3.05) is 6.54 Å². The molecule has 1 aliphatic rings. The average molecular weight is 275 g/mol. The third-order valence-corrected chi connectivity index (χ3v) is 3.88. The number of nitrogens with one attached hydrogen (secondary N) is 2. The standard InChI is InChI=1S/C15H21N3O2/c1-15(2)8-7-12(10-5-3-4-6-11(10)15)18-13(19)9-17-14(16)20/h3-6,12H,7-9H2,1-2H3,(H,18,19)(H3,16,17,20)/t12-/m0/s1. The number of fused-ring (bicyclic) bond motifs is 1. The zero-order valence-corrected chi connectivity index (χ0v) is 11.9. The first-order valence-electron chi connectivity index (χ1n) is 6.82. The molecule has 1 atom stereocenters. The Bertz CT molecular complexity index is 526. The summed E-state index contributed by atoms with van der Waals surface area (Å²) in [7, 11) is 0. The maximum absolute atomic E-state index is 11.8. The van der Waals surface area contributed by atoms with Crippen molar-refractivity contribution in [1.29, 1.82) is 0 Å². The molecule has 3 amide bonds. The van der Waals surface area contributed by atoms with E-state index in [4.69, 9.17) is 5.73 Å². The predicted octanol–water partition coefficient (Wildman–Crippen LogP) is 1.58. The molecule has 0 saturated heterocycles. The molecule has 0 saturated carbocycles. The first kappa shape index (κ1) is 14.4. The van der Waals surface area contributed by atoms with Gasteiger partial charge < -0.3 is 16.4 Å². The largest absolute Gasteiger partial charge is 0.352 e. The number of primary amides is 1. The topological polar surface area (TPSA) is 84.2 Å². The van der Waals surface area contributed by atoms with Gasteiger partial charge in [0, 0.05) is 0 Å². The number of rotatable bonds is 3. The molecule has 2 rings (SSSR count). The summed E-state index contributed by atoms with van der Waals surface area (Å²) in [4.78, 5) is 22.4. The lowest BCUT2D eigenvalue weighted by Gasteiger charge is -2.37. The van der Waals surface area contributed by atoms with Gasteiger partial charge in [0.05, 0.1) is 12.6 Å². The first-order valence-corrected chi connectivity index (χ1v) is 6.82. The van der Waals surface area contributed by atoms with E-state index < -0.39 is 6.03 Å². The van der Waals surface area contributed by atoms with E-state index in [0.717, 1.165) is 18.4 Å². The van der Waals surface area contributed by atoms with Crippen molar-refractivity contribution in [3.8, 4) is 0 Å². The Morgan fingerprint density at radius 1 is 1.35 bits per heavy atom. The lowest BCUT2D eigenvalue weighted by molar-refractivity contribution is -0.121. The fraction of sp³-hybridized carbons (Fsp3) is 0.467. The van der Waals surface area contributed by atoms with E-state index >= 15 is 0 Å². The van der Waals surface area contributed by atoms with Crippen LogP contribution in [0.15, 0.2) is 24.3 Å². The Morgan fingerprint density at radius 2 is 2.05 bits per heavy atom. The lowest BCUT2D eigenvalue weighted by atomic mass is 9.71. The number of urea groups is 1. The number of benzene rings is 1. The van der Waals surface area contributed by atoms with Crippen LogP contribution in [0, 0.1) is 0 Å². The molecule has 0 fully saturated rings.